The minimum atomic E-state index is -0.341. The maximum atomic E-state index is 10.5. The van der Waals surface area contributed by atoms with E-state index in [1.165, 1.54) is 19.3 Å². The molecule has 2 atom stereocenters. The standard InChI is InChI=1S/C14H28O/c1-11(2)8-13-6-5-7-14(15,10-13)9-12(3)4/h11-13,15H,5-10H2,1-4H3. The Kier molecular flexibility index (Phi) is 4.64. The van der Waals surface area contributed by atoms with Gasteiger partial charge in [0.05, 0.1) is 5.60 Å². The van der Waals surface area contributed by atoms with Crippen LogP contribution in [0.3, 0.4) is 0 Å². The topological polar surface area (TPSA) is 20.2 Å². The lowest BCUT2D eigenvalue weighted by Gasteiger charge is -2.38. The van der Waals surface area contributed by atoms with Crippen LogP contribution in [0, 0.1) is 17.8 Å². The van der Waals surface area contributed by atoms with Gasteiger partial charge in [0.2, 0.25) is 0 Å². The van der Waals surface area contributed by atoms with Crippen LogP contribution >= 0.6 is 0 Å². The summed E-state index contributed by atoms with van der Waals surface area (Å²) in [5.41, 5.74) is -0.341. The van der Waals surface area contributed by atoms with Gasteiger partial charge in [-0.15, -0.1) is 0 Å². The summed E-state index contributed by atoms with van der Waals surface area (Å²) < 4.78 is 0. The summed E-state index contributed by atoms with van der Waals surface area (Å²) in [6.45, 7) is 9.00. The Morgan fingerprint density at radius 2 is 1.87 bits per heavy atom. The Balaban J connectivity index is 2.46. The van der Waals surface area contributed by atoms with Crippen LogP contribution in [0.1, 0.15) is 66.2 Å². The molecule has 90 valence electrons. The van der Waals surface area contributed by atoms with Gasteiger partial charge in [-0.25, -0.2) is 0 Å². The van der Waals surface area contributed by atoms with Crippen LogP contribution < -0.4 is 0 Å². The molecule has 1 heteroatoms. The molecule has 0 radical (unpaired) electrons. The Morgan fingerprint density at radius 3 is 2.40 bits per heavy atom. The van der Waals surface area contributed by atoms with Gasteiger partial charge in [-0.05, 0) is 43.4 Å². The van der Waals surface area contributed by atoms with Crippen molar-refractivity contribution < 1.29 is 5.11 Å². The monoisotopic (exact) mass is 212 g/mol. The normalized spacial score (nSPS) is 32.6. The van der Waals surface area contributed by atoms with Crippen molar-refractivity contribution in [3.8, 4) is 0 Å². The molecule has 0 saturated heterocycles. The first-order valence-corrected chi connectivity index (χ1v) is 6.63. The van der Waals surface area contributed by atoms with Crippen LogP contribution in [0.4, 0.5) is 0 Å². The number of rotatable bonds is 4. The first kappa shape index (κ1) is 13.0. The molecule has 1 nitrogen and oxygen atoms in total. The highest BCUT2D eigenvalue weighted by atomic mass is 16.3. The van der Waals surface area contributed by atoms with E-state index in [0.717, 1.165) is 31.1 Å². The smallest absolute Gasteiger partial charge is 0.0652 e. The van der Waals surface area contributed by atoms with Crippen LogP contribution in [0.5, 0.6) is 0 Å². The molecule has 15 heavy (non-hydrogen) atoms. The molecule has 1 N–H and O–H groups in total. The molecule has 0 aromatic heterocycles. The molecular formula is C14H28O. The molecule has 1 aliphatic rings. The van der Waals surface area contributed by atoms with Crippen LogP contribution in [0.15, 0.2) is 0 Å². The Morgan fingerprint density at radius 1 is 1.20 bits per heavy atom. The quantitative estimate of drug-likeness (QED) is 0.747. The molecule has 0 spiro atoms. The fourth-order valence-electron chi connectivity index (χ4n) is 3.27. The second-order valence-corrected chi connectivity index (χ2v) is 6.41. The van der Waals surface area contributed by atoms with E-state index in [9.17, 15) is 5.11 Å². The predicted octanol–water partition coefficient (Wildman–Crippen LogP) is 4.00. The van der Waals surface area contributed by atoms with Gasteiger partial charge >= 0.3 is 0 Å². The van der Waals surface area contributed by atoms with Crippen molar-refractivity contribution in [2.24, 2.45) is 17.8 Å². The molecule has 0 aromatic rings. The number of hydrogen-bond donors (Lipinski definition) is 1. The van der Waals surface area contributed by atoms with Gasteiger partial charge in [0, 0.05) is 0 Å². The summed E-state index contributed by atoms with van der Waals surface area (Å²) in [6.07, 6.45) is 6.91. The zero-order valence-corrected chi connectivity index (χ0v) is 10.9. The van der Waals surface area contributed by atoms with E-state index >= 15 is 0 Å². The van der Waals surface area contributed by atoms with E-state index in [4.69, 9.17) is 0 Å². The van der Waals surface area contributed by atoms with Crippen molar-refractivity contribution in [3.63, 3.8) is 0 Å². The van der Waals surface area contributed by atoms with Crippen molar-refractivity contribution in [1.29, 1.82) is 0 Å². The van der Waals surface area contributed by atoms with Gasteiger partial charge < -0.3 is 5.11 Å². The Bertz CT molecular complexity index is 186. The van der Waals surface area contributed by atoms with Gasteiger partial charge in [0.15, 0.2) is 0 Å². The second kappa shape index (κ2) is 5.34. The average molecular weight is 212 g/mol. The maximum absolute atomic E-state index is 10.5. The molecule has 0 aliphatic heterocycles. The van der Waals surface area contributed by atoms with E-state index in [2.05, 4.69) is 27.7 Å². The van der Waals surface area contributed by atoms with Gasteiger partial charge in [0.1, 0.15) is 0 Å². The maximum Gasteiger partial charge on any atom is 0.0652 e. The molecule has 2 unspecified atom stereocenters. The molecule has 1 rings (SSSR count). The van der Waals surface area contributed by atoms with Crippen LogP contribution in [-0.2, 0) is 0 Å². The van der Waals surface area contributed by atoms with E-state index < -0.39 is 0 Å². The lowest BCUT2D eigenvalue weighted by atomic mass is 9.72. The van der Waals surface area contributed by atoms with Gasteiger partial charge in [-0.3, -0.25) is 0 Å². The molecule has 0 aromatic carbocycles. The number of hydrogen-bond acceptors (Lipinski definition) is 1. The minimum absolute atomic E-state index is 0.341. The van der Waals surface area contributed by atoms with Gasteiger partial charge in [-0.1, -0.05) is 40.5 Å². The summed E-state index contributed by atoms with van der Waals surface area (Å²) in [5.74, 6) is 2.16. The van der Waals surface area contributed by atoms with E-state index in [-0.39, 0.29) is 5.60 Å². The fourth-order valence-corrected chi connectivity index (χ4v) is 3.27. The van der Waals surface area contributed by atoms with Crippen molar-refractivity contribution in [1.82, 2.24) is 0 Å². The first-order valence-electron chi connectivity index (χ1n) is 6.63. The van der Waals surface area contributed by atoms with E-state index in [1.54, 1.807) is 0 Å². The minimum Gasteiger partial charge on any atom is -0.390 e. The second-order valence-electron chi connectivity index (χ2n) is 6.41. The summed E-state index contributed by atoms with van der Waals surface area (Å²) in [7, 11) is 0. The highest BCUT2D eigenvalue weighted by Crippen LogP contribution is 2.39. The van der Waals surface area contributed by atoms with Crippen molar-refractivity contribution >= 4 is 0 Å². The predicted molar refractivity (Wildman–Crippen MR) is 65.8 cm³/mol. The molecule has 1 aliphatic carbocycles. The van der Waals surface area contributed by atoms with E-state index in [0.29, 0.717) is 5.92 Å². The van der Waals surface area contributed by atoms with Crippen molar-refractivity contribution in [2.75, 3.05) is 0 Å². The van der Waals surface area contributed by atoms with Crippen molar-refractivity contribution in [2.45, 2.75) is 71.8 Å². The van der Waals surface area contributed by atoms with Crippen LogP contribution in [0.25, 0.3) is 0 Å². The summed E-state index contributed by atoms with van der Waals surface area (Å²) in [5, 5.41) is 10.5. The number of aliphatic hydroxyl groups is 1. The fraction of sp³-hybridized carbons (Fsp3) is 1.00. The SMILES string of the molecule is CC(C)CC1CCCC(O)(CC(C)C)C1. The summed E-state index contributed by atoms with van der Waals surface area (Å²) in [4.78, 5) is 0. The molecule has 0 bridgehead atoms. The van der Waals surface area contributed by atoms with Crippen LogP contribution in [0.2, 0.25) is 0 Å². The molecule has 1 saturated carbocycles. The van der Waals surface area contributed by atoms with E-state index in [1.807, 2.05) is 0 Å². The van der Waals surface area contributed by atoms with Crippen molar-refractivity contribution in [3.05, 3.63) is 0 Å². The van der Waals surface area contributed by atoms with Gasteiger partial charge in [-0.2, -0.15) is 0 Å². The zero-order valence-electron chi connectivity index (χ0n) is 10.9. The molecular weight excluding hydrogens is 184 g/mol. The molecule has 0 heterocycles. The largest absolute Gasteiger partial charge is 0.390 e. The van der Waals surface area contributed by atoms with Crippen LogP contribution in [-0.4, -0.2) is 10.7 Å². The third-order valence-electron chi connectivity index (χ3n) is 3.52. The highest BCUT2D eigenvalue weighted by molar-refractivity contribution is 4.87. The molecule has 1 fully saturated rings. The first-order chi connectivity index (χ1) is 6.91. The van der Waals surface area contributed by atoms with Gasteiger partial charge in [0.25, 0.3) is 0 Å². The lowest BCUT2D eigenvalue weighted by Crippen LogP contribution is -2.36. The third kappa shape index (κ3) is 4.55. The highest BCUT2D eigenvalue weighted by Gasteiger charge is 2.34. The summed E-state index contributed by atoms with van der Waals surface area (Å²) in [6, 6.07) is 0. The zero-order chi connectivity index (χ0) is 11.5. The lowest BCUT2D eigenvalue weighted by molar-refractivity contribution is -0.0351. The Hall–Kier alpha value is -0.0400. The summed E-state index contributed by atoms with van der Waals surface area (Å²) >= 11 is 0. The average Bonchev–Trinajstić information content (AvgIpc) is 1.99. The molecule has 0 amide bonds. The Labute approximate surface area is 95.3 Å². The third-order valence-corrected chi connectivity index (χ3v) is 3.52.